The summed E-state index contributed by atoms with van der Waals surface area (Å²) < 4.78 is 2.49. The zero-order valence-electron chi connectivity index (χ0n) is 10.5. The molecule has 8 heteroatoms. The molecule has 0 saturated carbocycles. The highest BCUT2D eigenvalue weighted by molar-refractivity contribution is 8.01. The molecule has 2 aromatic rings. The van der Waals surface area contributed by atoms with Gasteiger partial charge in [-0.3, -0.25) is 9.48 Å². The van der Waals surface area contributed by atoms with E-state index in [9.17, 15) is 4.79 Å². The lowest BCUT2D eigenvalue weighted by Gasteiger charge is -2.03. The van der Waals surface area contributed by atoms with Crippen LogP contribution in [-0.4, -0.2) is 40.4 Å². The molecule has 0 aliphatic carbocycles. The Bertz CT molecular complexity index is 575. The molecule has 0 fully saturated rings. The first kappa shape index (κ1) is 13.0. The summed E-state index contributed by atoms with van der Waals surface area (Å²) in [5, 5.41) is 14.0. The number of hydrogen-bond donors (Lipinski definition) is 0. The molecule has 0 N–H and O–H groups in total. The molecule has 0 spiro atoms. The van der Waals surface area contributed by atoms with E-state index in [4.69, 9.17) is 0 Å². The van der Waals surface area contributed by atoms with Crippen molar-refractivity contribution in [3.63, 3.8) is 0 Å². The van der Waals surface area contributed by atoms with Crippen LogP contribution >= 0.6 is 23.1 Å². The minimum Gasteiger partial charge on any atom is -0.353 e. The van der Waals surface area contributed by atoms with Gasteiger partial charge >= 0.3 is 0 Å². The highest BCUT2D eigenvalue weighted by atomic mass is 32.2. The maximum absolute atomic E-state index is 11.1. The first-order valence-electron chi connectivity index (χ1n) is 5.20. The number of aryl methyl sites for hydroxylation is 2. The summed E-state index contributed by atoms with van der Waals surface area (Å²) in [7, 11) is 5.65. The lowest BCUT2D eigenvalue weighted by Crippen LogP contribution is -2.07. The molecule has 0 radical (unpaired) electrons. The van der Waals surface area contributed by atoms with Crippen molar-refractivity contribution in [2.75, 3.05) is 19.0 Å². The van der Waals surface area contributed by atoms with Gasteiger partial charge in [-0.05, 0) is 18.7 Å². The molecule has 0 aromatic carbocycles. The van der Waals surface area contributed by atoms with Gasteiger partial charge in [0, 0.05) is 21.1 Å². The Labute approximate surface area is 113 Å². The van der Waals surface area contributed by atoms with Crippen molar-refractivity contribution in [2.24, 2.45) is 7.05 Å². The number of rotatable bonds is 4. The van der Waals surface area contributed by atoms with E-state index in [0.29, 0.717) is 5.56 Å². The summed E-state index contributed by atoms with van der Waals surface area (Å²) in [6.45, 7) is 1.82. The second-order valence-corrected chi connectivity index (χ2v) is 6.08. The van der Waals surface area contributed by atoms with E-state index in [2.05, 4.69) is 15.3 Å². The Kier molecular flexibility index (Phi) is 3.67. The van der Waals surface area contributed by atoms with Crippen molar-refractivity contribution in [1.29, 1.82) is 0 Å². The van der Waals surface area contributed by atoms with Gasteiger partial charge in [-0.15, -0.1) is 10.2 Å². The fraction of sp³-hybridized carbons (Fsp3) is 0.400. The molecule has 0 aliphatic rings. The van der Waals surface area contributed by atoms with Crippen molar-refractivity contribution in [2.45, 2.75) is 16.3 Å². The van der Waals surface area contributed by atoms with Crippen LogP contribution in [0.25, 0.3) is 0 Å². The van der Waals surface area contributed by atoms with E-state index in [1.807, 2.05) is 33.0 Å². The number of aldehydes is 1. The second kappa shape index (κ2) is 5.07. The van der Waals surface area contributed by atoms with Crippen LogP contribution in [0.2, 0.25) is 0 Å². The third-order valence-electron chi connectivity index (χ3n) is 2.29. The highest BCUT2D eigenvalue weighted by Crippen LogP contribution is 2.34. The van der Waals surface area contributed by atoms with Gasteiger partial charge < -0.3 is 4.90 Å². The van der Waals surface area contributed by atoms with Gasteiger partial charge in [-0.1, -0.05) is 11.3 Å². The average Bonchev–Trinajstić information content (AvgIpc) is 2.86. The summed E-state index contributed by atoms with van der Waals surface area (Å²) >= 11 is 2.89. The van der Waals surface area contributed by atoms with Gasteiger partial charge in [0.25, 0.3) is 0 Å². The van der Waals surface area contributed by atoms with Gasteiger partial charge in [0.2, 0.25) is 5.13 Å². The number of aromatic nitrogens is 4. The largest absolute Gasteiger partial charge is 0.353 e. The molecule has 0 aliphatic heterocycles. The number of hydrogen-bond acceptors (Lipinski definition) is 7. The van der Waals surface area contributed by atoms with Crippen LogP contribution < -0.4 is 4.90 Å². The molecule has 2 aromatic heterocycles. The normalized spacial score (nSPS) is 10.7. The summed E-state index contributed by atoms with van der Waals surface area (Å²) in [6, 6.07) is 0. The van der Waals surface area contributed by atoms with Gasteiger partial charge in [-0.25, -0.2) is 0 Å². The number of carbonyl (C=O) groups is 1. The molecule has 2 rings (SSSR count). The average molecular weight is 283 g/mol. The second-order valence-electron chi connectivity index (χ2n) is 3.89. The van der Waals surface area contributed by atoms with Gasteiger partial charge in [-0.2, -0.15) is 5.10 Å². The van der Waals surface area contributed by atoms with Crippen LogP contribution in [0.5, 0.6) is 0 Å². The van der Waals surface area contributed by atoms with Crippen molar-refractivity contribution in [3.8, 4) is 0 Å². The minimum atomic E-state index is 0.615. The fourth-order valence-electron chi connectivity index (χ4n) is 1.42. The molecule has 0 unspecified atom stereocenters. The molecular weight excluding hydrogens is 270 g/mol. The van der Waals surface area contributed by atoms with E-state index in [-0.39, 0.29) is 0 Å². The smallest absolute Gasteiger partial charge is 0.208 e. The molecule has 0 saturated heterocycles. The standard InChI is InChI=1S/C10H13N5OS2/c1-6-7(5-16)8(15(4)13-6)17-10-12-11-9(18-10)14(2)3/h5H,1-4H3. The summed E-state index contributed by atoms with van der Waals surface area (Å²) in [6.07, 6.45) is 0.832. The Morgan fingerprint density at radius 3 is 2.67 bits per heavy atom. The third kappa shape index (κ3) is 2.39. The predicted octanol–water partition coefficient (Wildman–Crippen LogP) is 1.61. The van der Waals surface area contributed by atoms with E-state index in [0.717, 1.165) is 26.5 Å². The van der Waals surface area contributed by atoms with Crippen molar-refractivity contribution in [3.05, 3.63) is 11.3 Å². The molecular formula is C10H13N5OS2. The van der Waals surface area contributed by atoms with Crippen LogP contribution in [0.3, 0.4) is 0 Å². The van der Waals surface area contributed by atoms with E-state index < -0.39 is 0 Å². The van der Waals surface area contributed by atoms with Crippen LogP contribution in [0, 0.1) is 6.92 Å². The van der Waals surface area contributed by atoms with Gasteiger partial charge in [0.05, 0.1) is 11.3 Å². The van der Waals surface area contributed by atoms with E-state index >= 15 is 0 Å². The Balaban J connectivity index is 2.30. The Hall–Kier alpha value is -1.41. The first-order valence-corrected chi connectivity index (χ1v) is 6.83. The zero-order chi connectivity index (χ0) is 13.3. The quantitative estimate of drug-likeness (QED) is 0.794. The maximum Gasteiger partial charge on any atom is 0.208 e. The van der Waals surface area contributed by atoms with Crippen LogP contribution in [0.1, 0.15) is 16.1 Å². The van der Waals surface area contributed by atoms with Crippen LogP contribution in [0.4, 0.5) is 5.13 Å². The highest BCUT2D eigenvalue weighted by Gasteiger charge is 2.16. The monoisotopic (exact) mass is 283 g/mol. The molecule has 0 atom stereocenters. The topological polar surface area (TPSA) is 63.9 Å². The fourth-order valence-corrected chi connectivity index (χ4v) is 3.27. The Morgan fingerprint density at radius 2 is 2.11 bits per heavy atom. The summed E-state index contributed by atoms with van der Waals surface area (Å²) in [5.41, 5.74) is 1.34. The maximum atomic E-state index is 11.1. The van der Waals surface area contributed by atoms with Gasteiger partial charge in [0.1, 0.15) is 5.03 Å². The first-order chi connectivity index (χ1) is 8.52. The predicted molar refractivity (Wildman–Crippen MR) is 71.7 cm³/mol. The van der Waals surface area contributed by atoms with E-state index in [1.165, 1.54) is 23.1 Å². The molecule has 2 heterocycles. The lowest BCUT2D eigenvalue weighted by atomic mass is 10.3. The number of nitrogens with zero attached hydrogens (tertiary/aromatic N) is 5. The molecule has 0 bridgehead atoms. The lowest BCUT2D eigenvalue weighted by molar-refractivity contribution is 0.112. The van der Waals surface area contributed by atoms with Crippen molar-refractivity contribution >= 4 is 34.5 Å². The summed E-state index contributed by atoms with van der Waals surface area (Å²) in [5.74, 6) is 0. The SMILES string of the molecule is Cc1nn(C)c(Sc2nnc(N(C)C)s2)c1C=O. The molecule has 96 valence electrons. The Morgan fingerprint density at radius 1 is 1.39 bits per heavy atom. The zero-order valence-corrected chi connectivity index (χ0v) is 12.2. The van der Waals surface area contributed by atoms with Crippen LogP contribution in [0.15, 0.2) is 9.37 Å². The van der Waals surface area contributed by atoms with Crippen molar-refractivity contribution in [1.82, 2.24) is 20.0 Å². The number of anilines is 1. The number of carbonyl (C=O) groups excluding carboxylic acids is 1. The molecule has 18 heavy (non-hydrogen) atoms. The van der Waals surface area contributed by atoms with E-state index in [1.54, 1.807) is 4.68 Å². The van der Waals surface area contributed by atoms with Crippen molar-refractivity contribution < 1.29 is 4.79 Å². The van der Waals surface area contributed by atoms with Crippen LogP contribution in [-0.2, 0) is 7.05 Å². The van der Waals surface area contributed by atoms with Gasteiger partial charge in [0.15, 0.2) is 10.6 Å². The third-order valence-corrected chi connectivity index (χ3v) is 4.61. The molecule has 0 amide bonds. The minimum absolute atomic E-state index is 0.615. The summed E-state index contributed by atoms with van der Waals surface area (Å²) in [4.78, 5) is 13.0. The molecule has 6 nitrogen and oxygen atoms in total.